The van der Waals surface area contributed by atoms with E-state index < -0.39 is 0 Å². The van der Waals surface area contributed by atoms with E-state index >= 15 is 0 Å². The smallest absolute Gasteiger partial charge is 0.336 e. The first-order valence-electron chi connectivity index (χ1n) is 11.8. The molecule has 0 saturated carbocycles. The van der Waals surface area contributed by atoms with E-state index in [9.17, 15) is 4.79 Å². The Kier molecular flexibility index (Phi) is 6.26. The zero-order valence-corrected chi connectivity index (χ0v) is 21.9. The highest BCUT2D eigenvalue weighted by molar-refractivity contribution is 7.98. The SMILES string of the molecule is Cc1cc(C)nc(Nc2nc(SCc3cc(=O)oc4ccc(C(C)(C)C)cc34)nc3ccccc23)c1. The number of pyridine rings is 1. The minimum Gasteiger partial charge on any atom is -0.423 e. The number of para-hydroxylation sites is 1. The van der Waals surface area contributed by atoms with Gasteiger partial charge in [-0.1, -0.05) is 50.7 Å². The standard InChI is InChI=1S/C29H28N4O2S/c1-17-12-18(2)30-25(13-17)32-27-21-8-6-7-9-23(21)31-28(33-27)36-16-19-14-26(34)35-24-11-10-20(15-22(19)24)29(3,4)5/h6-15H,16H2,1-5H3,(H,30,31,32,33). The van der Waals surface area contributed by atoms with Crippen molar-refractivity contribution < 1.29 is 4.42 Å². The van der Waals surface area contributed by atoms with Gasteiger partial charge in [-0.25, -0.2) is 19.7 Å². The van der Waals surface area contributed by atoms with Gasteiger partial charge in [0.2, 0.25) is 0 Å². The van der Waals surface area contributed by atoms with Crippen LogP contribution in [0.2, 0.25) is 0 Å². The van der Waals surface area contributed by atoms with Crippen molar-refractivity contribution in [3.63, 3.8) is 0 Å². The van der Waals surface area contributed by atoms with E-state index in [1.54, 1.807) is 6.07 Å². The third kappa shape index (κ3) is 5.11. The predicted molar refractivity (Wildman–Crippen MR) is 147 cm³/mol. The van der Waals surface area contributed by atoms with Crippen molar-refractivity contribution in [2.75, 3.05) is 5.32 Å². The maximum atomic E-state index is 12.3. The molecule has 0 amide bonds. The Morgan fingerprint density at radius 2 is 1.72 bits per heavy atom. The average Bonchev–Trinajstić information content (AvgIpc) is 2.81. The monoisotopic (exact) mass is 496 g/mol. The summed E-state index contributed by atoms with van der Waals surface area (Å²) in [6, 6.07) is 19.5. The lowest BCUT2D eigenvalue weighted by Gasteiger charge is -2.19. The van der Waals surface area contributed by atoms with Crippen molar-refractivity contribution in [3.05, 3.63) is 93.5 Å². The number of thioether (sulfide) groups is 1. The molecule has 5 rings (SSSR count). The van der Waals surface area contributed by atoms with Crippen molar-refractivity contribution in [3.8, 4) is 0 Å². The fraction of sp³-hybridized carbons (Fsp3) is 0.241. The molecule has 0 saturated heterocycles. The lowest BCUT2D eigenvalue weighted by atomic mass is 9.86. The molecule has 36 heavy (non-hydrogen) atoms. The Hall–Kier alpha value is -3.71. The quantitative estimate of drug-likeness (QED) is 0.158. The molecular formula is C29H28N4O2S. The first-order valence-corrected chi connectivity index (χ1v) is 12.8. The van der Waals surface area contributed by atoms with E-state index in [-0.39, 0.29) is 11.0 Å². The van der Waals surface area contributed by atoms with Gasteiger partial charge in [0.05, 0.1) is 5.52 Å². The number of nitrogens with zero attached hydrogens (tertiary/aromatic N) is 3. The van der Waals surface area contributed by atoms with Crippen LogP contribution in [0.5, 0.6) is 0 Å². The van der Waals surface area contributed by atoms with Gasteiger partial charge in [-0.2, -0.15) is 0 Å². The second-order valence-corrected chi connectivity index (χ2v) is 11.0. The molecular weight excluding hydrogens is 468 g/mol. The molecule has 5 aromatic rings. The molecule has 0 bridgehead atoms. The first kappa shape index (κ1) is 24.0. The number of hydrogen-bond donors (Lipinski definition) is 1. The van der Waals surface area contributed by atoms with E-state index in [1.807, 2.05) is 62.4 Å². The second kappa shape index (κ2) is 9.39. The van der Waals surface area contributed by atoms with E-state index in [0.29, 0.717) is 22.3 Å². The van der Waals surface area contributed by atoms with Crippen LogP contribution in [0.4, 0.5) is 11.6 Å². The number of fused-ring (bicyclic) bond motifs is 2. The summed E-state index contributed by atoms with van der Waals surface area (Å²) in [5.41, 5.74) is 5.22. The molecule has 1 N–H and O–H groups in total. The summed E-state index contributed by atoms with van der Waals surface area (Å²) in [4.78, 5) is 26.5. The van der Waals surface area contributed by atoms with Crippen LogP contribution in [0, 0.1) is 13.8 Å². The van der Waals surface area contributed by atoms with Crippen LogP contribution in [0.25, 0.3) is 21.9 Å². The van der Waals surface area contributed by atoms with Crippen LogP contribution in [0.1, 0.15) is 43.2 Å². The minimum atomic E-state index is -0.357. The molecule has 182 valence electrons. The highest BCUT2D eigenvalue weighted by Gasteiger charge is 2.17. The first-order chi connectivity index (χ1) is 17.2. The van der Waals surface area contributed by atoms with Crippen LogP contribution in [-0.2, 0) is 11.2 Å². The number of aryl methyl sites for hydroxylation is 2. The van der Waals surface area contributed by atoms with Gasteiger partial charge in [0.1, 0.15) is 17.2 Å². The van der Waals surface area contributed by atoms with Crippen LogP contribution in [-0.4, -0.2) is 15.0 Å². The van der Waals surface area contributed by atoms with E-state index in [2.05, 4.69) is 37.1 Å². The number of nitrogens with one attached hydrogen (secondary N) is 1. The Morgan fingerprint density at radius 1 is 0.917 bits per heavy atom. The molecule has 3 aromatic heterocycles. The fourth-order valence-electron chi connectivity index (χ4n) is 4.20. The molecule has 2 aromatic carbocycles. The van der Waals surface area contributed by atoms with Crippen molar-refractivity contribution in [1.82, 2.24) is 15.0 Å². The molecule has 0 aliphatic heterocycles. The van der Waals surface area contributed by atoms with Gasteiger partial charge in [-0.05, 0) is 72.4 Å². The zero-order chi connectivity index (χ0) is 25.4. The van der Waals surface area contributed by atoms with Gasteiger partial charge in [-0.3, -0.25) is 0 Å². The van der Waals surface area contributed by atoms with Gasteiger partial charge in [-0.15, -0.1) is 0 Å². The van der Waals surface area contributed by atoms with Gasteiger partial charge in [0.25, 0.3) is 0 Å². The van der Waals surface area contributed by atoms with Crippen LogP contribution >= 0.6 is 11.8 Å². The normalized spacial score (nSPS) is 11.8. The second-order valence-electron chi connectivity index (χ2n) is 10.0. The van der Waals surface area contributed by atoms with Crippen molar-refractivity contribution >= 4 is 45.3 Å². The summed E-state index contributed by atoms with van der Waals surface area (Å²) in [6.45, 7) is 10.5. The Morgan fingerprint density at radius 3 is 2.50 bits per heavy atom. The van der Waals surface area contributed by atoms with E-state index in [1.165, 1.54) is 17.3 Å². The van der Waals surface area contributed by atoms with Gasteiger partial charge in [0, 0.05) is 28.3 Å². The number of hydrogen-bond acceptors (Lipinski definition) is 7. The number of anilines is 2. The largest absolute Gasteiger partial charge is 0.423 e. The Balaban J connectivity index is 1.51. The summed E-state index contributed by atoms with van der Waals surface area (Å²) < 4.78 is 5.47. The number of benzene rings is 2. The third-order valence-corrected chi connectivity index (χ3v) is 6.87. The zero-order valence-electron chi connectivity index (χ0n) is 21.0. The average molecular weight is 497 g/mol. The molecule has 0 spiro atoms. The summed E-state index contributed by atoms with van der Waals surface area (Å²) >= 11 is 1.49. The lowest BCUT2D eigenvalue weighted by Crippen LogP contribution is -2.11. The van der Waals surface area contributed by atoms with Crippen LogP contribution in [0.3, 0.4) is 0 Å². The van der Waals surface area contributed by atoms with Crippen molar-refractivity contribution in [1.29, 1.82) is 0 Å². The highest BCUT2D eigenvalue weighted by atomic mass is 32.2. The van der Waals surface area contributed by atoms with E-state index in [4.69, 9.17) is 14.4 Å². The van der Waals surface area contributed by atoms with Crippen molar-refractivity contribution in [2.24, 2.45) is 0 Å². The molecule has 0 fully saturated rings. The topological polar surface area (TPSA) is 80.9 Å². The number of aromatic nitrogens is 3. The predicted octanol–water partition coefficient (Wildman–Crippen LogP) is 7.08. The summed E-state index contributed by atoms with van der Waals surface area (Å²) in [6.07, 6.45) is 0. The molecule has 0 atom stereocenters. The van der Waals surface area contributed by atoms with Gasteiger partial charge in [0.15, 0.2) is 5.16 Å². The molecule has 0 aliphatic carbocycles. The fourth-order valence-corrected chi connectivity index (χ4v) is 5.04. The lowest BCUT2D eigenvalue weighted by molar-refractivity contribution is 0.557. The van der Waals surface area contributed by atoms with E-state index in [0.717, 1.165) is 38.9 Å². The molecule has 0 unspecified atom stereocenters. The van der Waals surface area contributed by atoms with Crippen LogP contribution in [0.15, 0.2) is 75.0 Å². The molecule has 6 nitrogen and oxygen atoms in total. The molecule has 0 radical (unpaired) electrons. The Bertz CT molecular complexity index is 1630. The van der Waals surface area contributed by atoms with Crippen molar-refractivity contribution in [2.45, 2.75) is 50.9 Å². The molecule has 7 heteroatoms. The minimum absolute atomic E-state index is 0.0149. The van der Waals surface area contributed by atoms with Gasteiger partial charge >= 0.3 is 5.63 Å². The molecule has 3 heterocycles. The van der Waals surface area contributed by atoms with Crippen LogP contribution < -0.4 is 10.9 Å². The summed E-state index contributed by atoms with van der Waals surface area (Å²) in [5.74, 6) is 1.98. The maximum absolute atomic E-state index is 12.3. The summed E-state index contributed by atoms with van der Waals surface area (Å²) in [5, 5.41) is 5.87. The highest BCUT2D eigenvalue weighted by Crippen LogP contribution is 2.32. The maximum Gasteiger partial charge on any atom is 0.336 e. The van der Waals surface area contributed by atoms with Gasteiger partial charge < -0.3 is 9.73 Å². The third-order valence-electron chi connectivity index (χ3n) is 5.98. The number of rotatable bonds is 5. The Labute approximate surface area is 214 Å². The summed E-state index contributed by atoms with van der Waals surface area (Å²) in [7, 11) is 0. The molecule has 0 aliphatic rings.